The van der Waals surface area contributed by atoms with Crippen LogP contribution in [0.15, 0.2) is 30.3 Å². The fourth-order valence-corrected chi connectivity index (χ4v) is 4.48. The van der Waals surface area contributed by atoms with Gasteiger partial charge >= 0.3 is 0 Å². The molecule has 1 aromatic rings. The van der Waals surface area contributed by atoms with Crippen LogP contribution in [0.3, 0.4) is 0 Å². The number of hydrogen-bond acceptors (Lipinski definition) is 2. The lowest BCUT2D eigenvalue weighted by Gasteiger charge is -2.29. The minimum absolute atomic E-state index is 0.179. The molecule has 3 heteroatoms. The minimum Gasteiger partial charge on any atom is -0.342 e. The van der Waals surface area contributed by atoms with Gasteiger partial charge < -0.3 is 9.80 Å². The average Bonchev–Trinajstić information content (AvgIpc) is 3.30. The molecule has 0 radical (unpaired) electrons. The minimum atomic E-state index is -0.179. The van der Waals surface area contributed by atoms with Crippen molar-refractivity contribution in [3.05, 3.63) is 35.9 Å². The van der Waals surface area contributed by atoms with Crippen LogP contribution in [0.4, 0.5) is 0 Å². The highest BCUT2D eigenvalue weighted by Crippen LogP contribution is 2.50. The summed E-state index contributed by atoms with van der Waals surface area (Å²) in [5, 5.41) is 0. The van der Waals surface area contributed by atoms with Crippen molar-refractivity contribution in [2.45, 2.75) is 43.9 Å². The van der Waals surface area contributed by atoms with Gasteiger partial charge in [-0.2, -0.15) is 0 Å². The molecule has 0 N–H and O–H groups in total. The van der Waals surface area contributed by atoms with Gasteiger partial charge in [0.15, 0.2) is 0 Å². The number of piperidine rings is 1. The summed E-state index contributed by atoms with van der Waals surface area (Å²) in [7, 11) is 0. The summed E-state index contributed by atoms with van der Waals surface area (Å²) in [6, 6.07) is 10.4. The zero-order valence-corrected chi connectivity index (χ0v) is 14.0. The maximum atomic E-state index is 13.1. The number of amides is 1. The molecule has 1 atom stereocenters. The molecule has 1 aromatic carbocycles. The van der Waals surface area contributed by atoms with Gasteiger partial charge in [-0.15, -0.1) is 0 Å². The molecule has 1 amide bonds. The van der Waals surface area contributed by atoms with Crippen LogP contribution in [0.5, 0.6) is 0 Å². The molecular weight excluding hydrogens is 284 g/mol. The number of benzene rings is 1. The van der Waals surface area contributed by atoms with Crippen LogP contribution in [-0.4, -0.2) is 48.4 Å². The fourth-order valence-electron chi connectivity index (χ4n) is 4.48. The molecule has 1 saturated carbocycles. The molecule has 3 aliphatic rings. The maximum Gasteiger partial charge on any atom is 0.233 e. The number of carbonyl (C=O) groups excluding carboxylic acids is 1. The number of likely N-dealkylation sites (tertiary alicyclic amines) is 2. The number of hydrogen-bond donors (Lipinski definition) is 0. The highest BCUT2D eigenvalue weighted by molar-refractivity contribution is 5.91. The summed E-state index contributed by atoms with van der Waals surface area (Å²) >= 11 is 0. The van der Waals surface area contributed by atoms with Crippen molar-refractivity contribution in [1.29, 1.82) is 0 Å². The number of carbonyl (C=O) groups is 1. The summed E-state index contributed by atoms with van der Waals surface area (Å²) in [5.41, 5.74) is 1.05. The van der Waals surface area contributed by atoms with Gasteiger partial charge in [-0.3, -0.25) is 4.79 Å². The lowest BCUT2D eigenvalue weighted by molar-refractivity contribution is -0.133. The molecule has 2 saturated heterocycles. The van der Waals surface area contributed by atoms with Gasteiger partial charge in [0.1, 0.15) is 0 Å². The smallest absolute Gasteiger partial charge is 0.233 e. The molecule has 0 bridgehead atoms. The normalized spacial score (nSPS) is 27.1. The van der Waals surface area contributed by atoms with Crippen molar-refractivity contribution in [1.82, 2.24) is 9.80 Å². The third-order valence-electron chi connectivity index (χ3n) is 6.02. The van der Waals surface area contributed by atoms with Gasteiger partial charge in [0.25, 0.3) is 0 Å². The van der Waals surface area contributed by atoms with Gasteiger partial charge in [-0.25, -0.2) is 0 Å². The predicted molar refractivity (Wildman–Crippen MR) is 92.3 cm³/mol. The van der Waals surface area contributed by atoms with Gasteiger partial charge in [0.2, 0.25) is 5.91 Å². The van der Waals surface area contributed by atoms with Crippen molar-refractivity contribution >= 4 is 5.91 Å². The Hall–Kier alpha value is -1.35. The first-order valence-electron chi connectivity index (χ1n) is 9.35. The van der Waals surface area contributed by atoms with E-state index in [1.165, 1.54) is 50.9 Å². The Morgan fingerprint density at radius 2 is 1.78 bits per heavy atom. The maximum absolute atomic E-state index is 13.1. The second kappa shape index (κ2) is 6.27. The summed E-state index contributed by atoms with van der Waals surface area (Å²) in [6.45, 7) is 5.66. The Morgan fingerprint density at radius 3 is 2.48 bits per heavy atom. The third kappa shape index (κ3) is 3.03. The molecule has 1 aliphatic carbocycles. The molecule has 2 aliphatic heterocycles. The van der Waals surface area contributed by atoms with Crippen LogP contribution in [0.25, 0.3) is 0 Å². The molecule has 124 valence electrons. The van der Waals surface area contributed by atoms with E-state index >= 15 is 0 Å². The van der Waals surface area contributed by atoms with Crippen LogP contribution in [0, 0.1) is 5.92 Å². The monoisotopic (exact) mass is 312 g/mol. The first kappa shape index (κ1) is 15.2. The van der Waals surface area contributed by atoms with Crippen molar-refractivity contribution in [3.8, 4) is 0 Å². The van der Waals surface area contributed by atoms with E-state index in [0.717, 1.165) is 25.9 Å². The Labute approximate surface area is 139 Å². The van der Waals surface area contributed by atoms with E-state index in [0.29, 0.717) is 11.8 Å². The van der Waals surface area contributed by atoms with Crippen molar-refractivity contribution < 1.29 is 4.79 Å². The first-order chi connectivity index (χ1) is 11.3. The molecule has 4 rings (SSSR count). The molecule has 0 spiro atoms. The Balaban J connectivity index is 1.37. The van der Waals surface area contributed by atoms with Gasteiger partial charge in [-0.1, -0.05) is 36.8 Å². The van der Waals surface area contributed by atoms with E-state index < -0.39 is 0 Å². The third-order valence-corrected chi connectivity index (χ3v) is 6.02. The van der Waals surface area contributed by atoms with E-state index in [9.17, 15) is 4.79 Å². The summed E-state index contributed by atoms with van der Waals surface area (Å²) in [6.07, 6.45) is 7.35. The van der Waals surface area contributed by atoms with Crippen LogP contribution < -0.4 is 0 Å². The summed E-state index contributed by atoms with van der Waals surface area (Å²) in [5.74, 6) is 1.08. The van der Waals surface area contributed by atoms with Gasteiger partial charge in [-0.05, 0) is 56.7 Å². The van der Waals surface area contributed by atoms with E-state index in [1.54, 1.807) is 0 Å². The van der Waals surface area contributed by atoms with Crippen LogP contribution in [0.2, 0.25) is 0 Å². The standard InChI is InChI=1S/C20H28N2O/c23-19(20(10-11-20)18-7-3-1-4-8-18)22-14-9-17(16-22)15-21-12-5-2-6-13-21/h1,3-4,7-8,17H,2,5-6,9-16H2/t17-/m1/s1. The summed E-state index contributed by atoms with van der Waals surface area (Å²) in [4.78, 5) is 17.9. The highest BCUT2D eigenvalue weighted by atomic mass is 16.2. The van der Waals surface area contributed by atoms with Crippen molar-refractivity contribution in [2.24, 2.45) is 5.92 Å². The van der Waals surface area contributed by atoms with E-state index in [1.807, 2.05) is 6.07 Å². The van der Waals surface area contributed by atoms with Crippen LogP contribution >= 0.6 is 0 Å². The van der Waals surface area contributed by atoms with Crippen LogP contribution in [0.1, 0.15) is 44.1 Å². The average molecular weight is 312 g/mol. The SMILES string of the molecule is O=C(N1CC[C@H](CN2CCCCC2)C1)C1(c2ccccc2)CC1. The van der Waals surface area contributed by atoms with Crippen LogP contribution in [-0.2, 0) is 10.2 Å². The molecule has 3 fully saturated rings. The molecular formula is C20H28N2O. The predicted octanol–water partition coefficient (Wildman–Crippen LogP) is 3.05. The lowest BCUT2D eigenvalue weighted by Crippen LogP contribution is -2.39. The van der Waals surface area contributed by atoms with E-state index in [-0.39, 0.29) is 5.41 Å². The topological polar surface area (TPSA) is 23.6 Å². The molecule has 0 aromatic heterocycles. The quantitative estimate of drug-likeness (QED) is 0.853. The second-order valence-electron chi connectivity index (χ2n) is 7.72. The molecule has 23 heavy (non-hydrogen) atoms. The highest BCUT2D eigenvalue weighted by Gasteiger charge is 2.53. The first-order valence-corrected chi connectivity index (χ1v) is 9.35. The van der Waals surface area contributed by atoms with Crippen molar-refractivity contribution in [3.63, 3.8) is 0 Å². The van der Waals surface area contributed by atoms with Gasteiger partial charge in [0.05, 0.1) is 5.41 Å². The number of rotatable bonds is 4. The van der Waals surface area contributed by atoms with Gasteiger partial charge in [0, 0.05) is 19.6 Å². The van der Waals surface area contributed by atoms with Crippen molar-refractivity contribution in [2.75, 3.05) is 32.7 Å². The zero-order valence-electron chi connectivity index (χ0n) is 14.0. The Kier molecular flexibility index (Phi) is 4.14. The molecule has 0 unspecified atom stereocenters. The molecule has 2 heterocycles. The van der Waals surface area contributed by atoms with E-state index in [4.69, 9.17) is 0 Å². The Bertz CT molecular complexity index is 546. The zero-order chi connectivity index (χ0) is 15.7. The van der Waals surface area contributed by atoms with E-state index in [2.05, 4.69) is 34.1 Å². The Morgan fingerprint density at radius 1 is 1.04 bits per heavy atom. The summed E-state index contributed by atoms with van der Waals surface area (Å²) < 4.78 is 0. The molecule has 3 nitrogen and oxygen atoms in total. The lowest BCUT2D eigenvalue weighted by atomic mass is 9.94. The second-order valence-corrected chi connectivity index (χ2v) is 7.72. The largest absolute Gasteiger partial charge is 0.342 e. The number of nitrogens with zero attached hydrogens (tertiary/aromatic N) is 2. The fraction of sp³-hybridized carbons (Fsp3) is 0.650.